The van der Waals surface area contributed by atoms with Gasteiger partial charge in [-0.1, -0.05) is 25.2 Å². The average molecular weight is 178 g/mol. The van der Waals surface area contributed by atoms with E-state index in [1.165, 1.54) is 12.8 Å². The molecule has 0 amide bonds. The molecule has 0 bridgehead atoms. The second kappa shape index (κ2) is 8.86. The topological polar surface area (TPSA) is 15.6 Å². The summed E-state index contributed by atoms with van der Waals surface area (Å²) < 4.78 is 0. The van der Waals surface area contributed by atoms with Crippen LogP contribution in [0.3, 0.4) is 0 Å². The van der Waals surface area contributed by atoms with E-state index in [9.17, 15) is 0 Å². The highest BCUT2D eigenvalue weighted by molar-refractivity contribution is 5.71. The Kier molecular flexibility index (Phi) is 8.02. The number of hydrazone groups is 1. The predicted octanol–water partition coefficient (Wildman–Crippen LogP) is 2.28. The molecule has 0 saturated carbocycles. The van der Waals surface area contributed by atoms with Crippen molar-refractivity contribution in [3.8, 4) is 11.8 Å². The number of hydrogen-bond acceptors (Lipinski definition) is 2. The van der Waals surface area contributed by atoms with E-state index in [1.807, 2.05) is 26.2 Å². The molecule has 0 aliphatic heterocycles. The zero-order valence-corrected chi connectivity index (χ0v) is 8.75. The Morgan fingerprint density at radius 2 is 2.15 bits per heavy atom. The maximum Gasteiger partial charge on any atom is 0.0476 e. The molecule has 72 valence electrons. The van der Waals surface area contributed by atoms with Crippen LogP contribution in [0, 0.1) is 11.8 Å². The van der Waals surface area contributed by atoms with Gasteiger partial charge in [0, 0.05) is 26.7 Å². The largest absolute Gasteiger partial charge is 0.303 e. The first-order valence-electron chi connectivity index (χ1n) is 4.62. The van der Waals surface area contributed by atoms with Gasteiger partial charge in [-0.05, 0) is 18.6 Å². The highest BCUT2D eigenvalue weighted by Crippen LogP contribution is 1.89. The van der Waals surface area contributed by atoms with Crippen LogP contribution in [0.4, 0.5) is 0 Å². The molecule has 0 rings (SSSR count). The minimum atomic E-state index is 0.992. The van der Waals surface area contributed by atoms with Crippen LogP contribution in [0.2, 0.25) is 0 Å². The summed E-state index contributed by atoms with van der Waals surface area (Å²) in [5.41, 5.74) is 0. The van der Waals surface area contributed by atoms with Gasteiger partial charge in [0.1, 0.15) is 0 Å². The summed E-state index contributed by atoms with van der Waals surface area (Å²) in [7, 11) is 3.77. The van der Waals surface area contributed by atoms with E-state index in [1.54, 1.807) is 11.2 Å². The van der Waals surface area contributed by atoms with E-state index in [0.29, 0.717) is 0 Å². The molecule has 0 atom stereocenters. The molecule has 0 radical (unpaired) electrons. The van der Waals surface area contributed by atoms with Crippen molar-refractivity contribution in [3.63, 3.8) is 0 Å². The normalized spacial score (nSPS) is 10.4. The first kappa shape index (κ1) is 11.8. The maximum absolute atomic E-state index is 4.01. The van der Waals surface area contributed by atoms with Crippen LogP contribution < -0.4 is 0 Å². The molecule has 0 fully saturated rings. The molecule has 0 aliphatic carbocycles. The van der Waals surface area contributed by atoms with Crippen molar-refractivity contribution >= 4 is 6.21 Å². The van der Waals surface area contributed by atoms with Gasteiger partial charge in [-0.2, -0.15) is 5.10 Å². The number of rotatable bonds is 4. The number of unbranched alkanes of at least 4 members (excludes halogenated alkanes) is 2. The standard InChI is InChI=1S/C11H18N2/c1-4-5-6-7-8-9-10-11-12-13(2)3/h9-11H,4-6H2,1-3H3/b10-9-,12-11+. The zero-order chi connectivity index (χ0) is 9.94. The van der Waals surface area contributed by atoms with E-state index >= 15 is 0 Å². The van der Waals surface area contributed by atoms with Gasteiger partial charge in [0.2, 0.25) is 0 Å². The van der Waals surface area contributed by atoms with E-state index in [0.717, 1.165) is 6.42 Å². The smallest absolute Gasteiger partial charge is 0.0476 e. The van der Waals surface area contributed by atoms with Crippen molar-refractivity contribution in [3.05, 3.63) is 12.2 Å². The molecular weight excluding hydrogens is 160 g/mol. The highest BCUT2D eigenvalue weighted by Gasteiger charge is 1.74. The number of hydrogen-bond donors (Lipinski definition) is 0. The third-order valence-corrected chi connectivity index (χ3v) is 1.32. The van der Waals surface area contributed by atoms with Crippen molar-refractivity contribution in [1.29, 1.82) is 0 Å². The minimum absolute atomic E-state index is 0.992. The molecule has 0 aromatic rings. The Balaban J connectivity index is 3.54. The van der Waals surface area contributed by atoms with Crippen LogP contribution >= 0.6 is 0 Å². The Hall–Kier alpha value is -1.23. The Labute approximate surface area is 81.3 Å². The quantitative estimate of drug-likeness (QED) is 0.279. The lowest BCUT2D eigenvalue weighted by Gasteiger charge is -1.99. The molecule has 0 heterocycles. The molecule has 0 aromatic carbocycles. The van der Waals surface area contributed by atoms with E-state index in [-0.39, 0.29) is 0 Å². The SMILES string of the molecule is CCCCC#C/C=C\C=N\N(C)C. The lowest BCUT2D eigenvalue weighted by molar-refractivity contribution is 0.440. The molecule has 0 aliphatic rings. The predicted molar refractivity (Wildman–Crippen MR) is 58.6 cm³/mol. The molecule has 0 spiro atoms. The Morgan fingerprint density at radius 1 is 1.38 bits per heavy atom. The summed E-state index contributed by atoms with van der Waals surface area (Å²) in [5.74, 6) is 6.02. The Morgan fingerprint density at radius 3 is 2.77 bits per heavy atom. The molecule has 13 heavy (non-hydrogen) atoms. The van der Waals surface area contributed by atoms with Gasteiger partial charge in [-0.3, -0.25) is 0 Å². The van der Waals surface area contributed by atoms with Crippen LogP contribution in [0.25, 0.3) is 0 Å². The molecule has 0 aromatic heterocycles. The minimum Gasteiger partial charge on any atom is -0.303 e. The lowest BCUT2D eigenvalue weighted by atomic mass is 10.2. The van der Waals surface area contributed by atoms with Gasteiger partial charge < -0.3 is 5.01 Å². The van der Waals surface area contributed by atoms with Crippen LogP contribution in [-0.4, -0.2) is 25.3 Å². The third kappa shape index (κ3) is 10.8. The summed E-state index contributed by atoms with van der Waals surface area (Å²) in [5, 5.41) is 5.76. The van der Waals surface area contributed by atoms with E-state index < -0.39 is 0 Å². The molecule has 0 N–H and O–H groups in total. The number of allylic oxidation sites excluding steroid dienone is 2. The molecule has 0 unspecified atom stereocenters. The van der Waals surface area contributed by atoms with Crippen molar-refractivity contribution in [1.82, 2.24) is 5.01 Å². The van der Waals surface area contributed by atoms with Gasteiger partial charge in [-0.15, -0.1) is 0 Å². The fraction of sp³-hybridized carbons (Fsp3) is 0.545. The van der Waals surface area contributed by atoms with Crippen LogP contribution in [0.1, 0.15) is 26.2 Å². The fourth-order valence-corrected chi connectivity index (χ4v) is 0.659. The lowest BCUT2D eigenvalue weighted by Crippen LogP contribution is -2.00. The van der Waals surface area contributed by atoms with Crippen molar-refractivity contribution < 1.29 is 0 Å². The second-order valence-corrected chi connectivity index (χ2v) is 2.90. The van der Waals surface area contributed by atoms with Crippen LogP contribution in [0.15, 0.2) is 17.3 Å². The summed E-state index contributed by atoms with van der Waals surface area (Å²) in [4.78, 5) is 0. The summed E-state index contributed by atoms with van der Waals surface area (Å²) in [6, 6.07) is 0. The van der Waals surface area contributed by atoms with Crippen molar-refractivity contribution in [2.24, 2.45) is 5.10 Å². The average Bonchev–Trinajstić information content (AvgIpc) is 2.09. The summed E-state index contributed by atoms with van der Waals surface area (Å²) >= 11 is 0. The third-order valence-electron chi connectivity index (χ3n) is 1.32. The van der Waals surface area contributed by atoms with Gasteiger partial charge >= 0.3 is 0 Å². The zero-order valence-electron chi connectivity index (χ0n) is 8.75. The van der Waals surface area contributed by atoms with Gasteiger partial charge in [0.15, 0.2) is 0 Å². The van der Waals surface area contributed by atoms with E-state index in [2.05, 4.69) is 23.9 Å². The summed E-state index contributed by atoms with van der Waals surface area (Å²) in [6.07, 6.45) is 8.79. The van der Waals surface area contributed by atoms with E-state index in [4.69, 9.17) is 0 Å². The van der Waals surface area contributed by atoms with Crippen molar-refractivity contribution in [2.75, 3.05) is 14.1 Å². The van der Waals surface area contributed by atoms with Gasteiger partial charge in [-0.25, -0.2) is 0 Å². The molecule has 2 heteroatoms. The second-order valence-electron chi connectivity index (χ2n) is 2.90. The molecule has 2 nitrogen and oxygen atoms in total. The fourth-order valence-electron chi connectivity index (χ4n) is 0.659. The van der Waals surface area contributed by atoms with Crippen LogP contribution in [-0.2, 0) is 0 Å². The van der Waals surface area contributed by atoms with Gasteiger partial charge in [0.05, 0.1) is 0 Å². The molecular formula is C11H18N2. The van der Waals surface area contributed by atoms with Crippen LogP contribution in [0.5, 0.6) is 0 Å². The maximum atomic E-state index is 4.01. The monoisotopic (exact) mass is 178 g/mol. The molecule has 0 saturated heterocycles. The first-order chi connectivity index (χ1) is 6.27. The van der Waals surface area contributed by atoms with Crippen molar-refractivity contribution in [2.45, 2.75) is 26.2 Å². The number of nitrogens with zero attached hydrogens (tertiary/aromatic N) is 2. The Bertz CT molecular complexity index is 216. The van der Waals surface area contributed by atoms with Gasteiger partial charge in [0.25, 0.3) is 0 Å². The first-order valence-corrected chi connectivity index (χ1v) is 4.62. The highest BCUT2D eigenvalue weighted by atomic mass is 15.4. The summed E-state index contributed by atoms with van der Waals surface area (Å²) in [6.45, 7) is 2.17.